The number of nitrogens with one attached hydrogen (secondary N) is 1. The van der Waals surface area contributed by atoms with E-state index in [0.717, 1.165) is 12.6 Å². The van der Waals surface area contributed by atoms with Crippen molar-refractivity contribution in [3.8, 4) is 0 Å². The average molecular weight is 239 g/mol. The highest BCUT2D eigenvalue weighted by atomic mass is 15.3. The molecule has 0 amide bonds. The Kier molecular flexibility index (Phi) is 4.45. The predicted octanol–water partition coefficient (Wildman–Crippen LogP) is 1.54. The molecule has 2 aliphatic heterocycles. The second-order valence-corrected chi connectivity index (χ2v) is 6.66. The summed E-state index contributed by atoms with van der Waals surface area (Å²) in [6, 6.07) is 0.854. The highest BCUT2D eigenvalue weighted by Gasteiger charge is 2.28. The molecule has 2 rings (SSSR count). The van der Waals surface area contributed by atoms with E-state index >= 15 is 0 Å². The molecular weight excluding hydrogens is 210 g/mol. The summed E-state index contributed by atoms with van der Waals surface area (Å²) in [4.78, 5) is 5.33. The van der Waals surface area contributed by atoms with Crippen LogP contribution in [0.25, 0.3) is 0 Å². The molecule has 1 N–H and O–H groups in total. The molecule has 2 aliphatic rings. The summed E-state index contributed by atoms with van der Waals surface area (Å²) in [5.74, 6) is 0. The van der Waals surface area contributed by atoms with Crippen molar-refractivity contribution in [1.29, 1.82) is 0 Å². The fourth-order valence-electron chi connectivity index (χ4n) is 3.01. The molecule has 0 bridgehead atoms. The molecule has 2 saturated heterocycles. The first-order chi connectivity index (χ1) is 8.04. The van der Waals surface area contributed by atoms with E-state index in [2.05, 4.69) is 35.9 Å². The normalized spacial score (nSPS) is 28.1. The minimum absolute atomic E-state index is 0.258. The lowest BCUT2D eigenvalue weighted by Crippen LogP contribution is -2.42. The van der Waals surface area contributed by atoms with Gasteiger partial charge < -0.3 is 10.2 Å². The van der Waals surface area contributed by atoms with E-state index in [-0.39, 0.29) is 5.54 Å². The highest BCUT2D eigenvalue weighted by Crippen LogP contribution is 2.19. The first-order valence-electron chi connectivity index (χ1n) is 7.26. The van der Waals surface area contributed by atoms with Crippen LogP contribution in [0.1, 0.15) is 40.0 Å². The molecule has 2 heterocycles. The van der Waals surface area contributed by atoms with Crippen molar-refractivity contribution in [3.05, 3.63) is 0 Å². The monoisotopic (exact) mass is 239 g/mol. The van der Waals surface area contributed by atoms with Crippen LogP contribution in [0.4, 0.5) is 0 Å². The van der Waals surface area contributed by atoms with E-state index in [1.807, 2.05) is 0 Å². The Morgan fingerprint density at radius 2 is 1.82 bits per heavy atom. The van der Waals surface area contributed by atoms with Crippen LogP contribution in [-0.2, 0) is 0 Å². The van der Waals surface area contributed by atoms with Gasteiger partial charge in [0.1, 0.15) is 0 Å². The average Bonchev–Trinajstić information content (AvgIpc) is 2.83. The van der Waals surface area contributed by atoms with Gasteiger partial charge in [-0.05, 0) is 59.7 Å². The Morgan fingerprint density at radius 3 is 2.47 bits per heavy atom. The molecule has 0 radical (unpaired) electrons. The van der Waals surface area contributed by atoms with Crippen molar-refractivity contribution in [2.75, 3.05) is 39.3 Å². The van der Waals surface area contributed by atoms with Gasteiger partial charge in [0.05, 0.1) is 0 Å². The number of hydrogen-bond acceptors (Lipinski definition) is 3. The zero-order valence-corrected chi connectivity index (χ0v) is 11.8. The molecule has 17 heavy (non-hydrogen) atoms. The first kappa shape index (κ1) is 13.3. The summed E-state index contributed by atoms with van der Waals surface area (Å²) in [6.07, 6.45) is 4.22. The van der Waals surface area contributed by atoms with Gasteiger partial charge in [-0.3, -0.25) is 4.90 Å². The van der Waals surface area contributed by atoms with Gasteiger partial charge in [-0.1, -0.05) is 0 Å². The van der Waals surface area contributed by atoms with E-state index in [1.54, 1.807) is 0 Å². The second kappa shape index (κ2) is 5.68. The number of rotatable bonds is 4. The maximum atomic E-state index is 3.58. The van der Waals surface area contributed by atoms with Gasteiger partial charge in [0, 0.05) is 31.2 Å². The van der Waals surface area contributed by atoms with Crippen LogP contribution >= 0.6 is 0 Å². The molecule has 2 fully saturated rings. The lowest BCUT2D eigenvalue weighted by Gasteiger charge is -2.25. The fourth-order valence-corrected chi connectivity index (χ4v) is 3.01. The van der Waals surface area contributed by atoms with E-state index in [0.29, 0.717) is 0 Å². The minimum Gasteiger partial charge on any atom is -0.311 e. The molecule has 1 unspecified atom stereocenters. The van der Waals surface area contributed by atoms with E-state index < -0.39 is 0 Å². The minimum atomic E-state index is 0.258. The quantitative estimate of drug-likeness (QED) is 0.803. The van der Waals surface area contributed by atoms with E-state index in [1.165, 1.54) is 52.0 Å². The number of hydrogen-bond donors (Lipinski definition) is 1. The van der Waals surface area contributed by atoms with Crippen molar-refractivity contribution >= 4 is 0 Å². The zero-order valence-electron chi connectivity index (χ0n) is 11.8. The first-order valence-corrected chi connectivity index (χ1v) is 7.26. The van der Waals surface area contributed by atoms with Crippen LogP contribution in [0, 0.1) is 0 Å². The maximum absolute atomic E-state index is 3.58. The summed E-state index contributed by atoms with van der Waals surface area (Å²) in [5, 5.41) is 3.58. The van der Waals surface area contributed by atoms with Crippen molar-refractivity contribution in [3.63, 3.8) is 0 Å². The molecule has 0 saturated carbocycles. The SMILES string of the molecule is CC(C)(C)NCCN1CCC(N2CCCC2)C1. The standard InChI is InChI=1S/C14H29N3/c1-14(2,3)15-7-11-16-10-6-13(12-16)17-8-4-5-9-17/h13,15H,4-12H2,1-3H3. The molecule has 3 heteroatoms. The summed E-state index contributed by atoms with van der Waals surface area (Å²) in [6.45, 7) is 14.3. The van der Waals surface area contributed by atoms with Crippen LogP contribution < -0.4 is 5.32 Å². The Morgan fingerprint density at radius 1 is 1.12 bits per heavy atom. The Bertz CT molecular complexity index is 228. The zero-order chi connectivity index (χ0) is 12.3. The molecule has 100 valence electrons. The number of likely N-dealkylation sites (tertiary alicyclic amines) is 2. The van der Waals surface area contributed by atoms with Crippen molar-refractivity contribution in [2.24, 2.45) is 0 Å². The van der Waals surface area contributed by atoms with Crippen molar-refractivity contribution in [1.82, 2.24) is 15.1 Å². The highest BCUT2D eigenvalue weighted by molar-refractivity contribution is 4.86. The topological polar surface area (TPSA) is 18.5 Å². The Balaban J connectivity index is 1.64. The predicted molar refractivity (Wildman–Crippen MR) is 73.4 cm³/mol. The molecule has 0 spiro atoms. The number of nitrogens with zero attached hydrogens (tertiary/aromatic N) is 2. The van der Waals surface area contributed by atoms with Crippen molar-refractivity contribution in [2.45, 2.75) is 51.6 Å². The Labute approximate surface area is 107 Å². The molecule has 3 nitrogen and oxygen atoms in total. The van der Waals surface area contributed by atoms with Gasteiger partial charge in [-0.15, -0.1) is 0 Å². The molecule has 0 aromatic carbocycles. The summed E-state index contributed by atoms with van der Waals surface area (Å²) >= 11 is 0. The van der Waals surface area contributed by atoms with Crippen LogP contribution in [0.3, 0.4) is 0 Å². The maximum Gasteiger partial charge on any atom is 0.0235 e. The second-order valence-electron chi connectivity index (χ2n) is 6.66. The van der Waals surface area contributed by atoms with Crippen LogP contribution in [0.15, 0.2) is 0 Å². The smallest absolute Gasteiger partial charge is 0.0235 e. The van der Waals surface area contributed by atoms with Crippen molar-refractivity contribution < 1.29 is 0 Å². The van der Waals surface area contributed by atoms with Gasteiger partial charge in [-0.2, -0.15) is 0 Å². The fraction of sp³-hybridized carbons (Fsp3) is 1.00. The molecule has 0 aromatic heterocycles. The van der Waals surface area contributed by atoms with Gasteiger partial charge in [0.15, 0.2) is 0 Å². The van der Waals surface area contributed by atoms with E-state index in [9.17, 15) is 0 Å². The van der Waals surface area contributed by atoms with Crippen LogP contribution in [0.5, 0.6) is 0 Å². The summed E-state index contributed by atoms with van der Waals surface area (Å²) < 4.78 is 0. The molecule has 1 atom stereocenters. The largest absolute Gasteiger partial charge is 0.311 e. The molecule has 0 aliphatic carbocycles. The summed E-state index contributed by atoms with van der Waals surface area (Å²) in [7, 11) is 0. The van der Waals surface area contributed by atoms with Gasteiger partial charge in [0.25, 0.3) is 0 Å². The third kappa shape index (κ3) is 4.23. The third-order valence-electron chi connectivity index (χ3n) is 3.99. The third-order valence-corrected chi connectivity index (χ3v) is 3.99. The summed E-state index contributed by atoms with van der Waals surface area (Å²) in [5.41, 5.74) is 0.258. The lowest BCUT2D eigenvalue weighted by molar-refractivity contribution is 0.230. The van der Waals surface area contributed by atoms with Crippen LogP contribution in [-0.4, -0.2) is 60.6 Å². The molecular formula is C14H29N3. The van der Waals surface area contributed by atoms with Gasteiger partial charge in [-0.25, -0.2) is 0 Å². The van der Waals surface area contributed by atoms with E-state index in [4.69, 9.17) is 0 Å². The lowest BCUT2D eigenvalue weighted by atomic mass is 10.1. The van der Waals surface area contributed by atoms with Crippen LogP contribution in [0.2, 0.25) is 0 Å². The van der Waals surface area contributed by atoms with Gasteiger partial charge in [0.2, 0.25) is 0 Å². The Hall–Kier alpha value is -0.120. The molecule has 0 aromatic rings. The van der Waals surface area contributed by atoms with Gasteiger partial charge >= 0.3 is 0 Å².